The number of aromatic nitrogens is 2. The molecule has 0 aliphatic rings. The monoisotopic (exact) mass is 269 g/mol. The van der Waals surface area contributed by atoms with Crippen LogP contribution in [0.15, 0.2) is 11.6 Å². The lowest BCUT2D eigenvalue weighted by molar-refractivity contribution is -0.391. The van der Waals surface area contributed by atoms with Gasteiger partial charge in [0.25, 0.3) is 4.96 Å². The molecule has 0 saturated carbocycles. The Morgan fingerprint density at radius 1 is 1.61 bits per heavy atom. The molecule has 0 saturated heterocycles. The summed E-state index contributed by atoms with van der Waals surface area (Å²) in [5, 5.41) is 22.9. The number of aliphatic hydroxyl groups excluding tert-OH is 1. The van der Waals surface area contributed by atoms with E-state index in [0.29, 0.717) is 10.7 Å². The Labute approximate surface area is 108 Å². The van der Waals surface area contributed by atoms with Crippen molar-refractivity contribution in [2.75, 3.05) is 0 Å². The van der Waals surface area contributed by atoms with Crippen molar-refractivity contribution >= 4 is 22.1 Å². The minimum Gasteiger partial charge on any atom is -0.392 e. The Morgan fingerprint density at radius 3 is 2.83 bits per heavy atom. The van der Waals surface area contributed by atoms with Crippen LogP contribution in [-0.2, 0) is 6.42 Å². The number of nitrogens with zero attached hydrogens (tertiary/aromatic N) is 3. The topological polar surface area (TPSA) is 80.7 Å². The highest BCUT2D eigenvalue weighted by atomic mass is 32.1. The summed E-state index contributed by atoms with van der Waals surface area (Å²) in [7, 11) is 0. The molecule has 0 fully saturated rings. The van der Waals surface area contributed by atoms with Crippen LogP contribution in [0.3, 0.4) is 0 Å². The quantitative estimate of drug-likeness (QED) is 0.684. The molecule has 1 unspecified atom stereocenters. The van der Waals surface area contributed by atoms with Gasteiger partial charge in [-0.05, 0) is 10.3 Å². The van der Waals surface area contributed by atoms with Crippen LogP contribution in [0.25, 0.3) is 4.96 Å². The van der Waals surface area contributed by atoms with E-state index in [1.807, 2.05) is 20.8 Å². The van der Waals surface area contributed by atoms with Gasteiger partial charge >= 0.3 is 5.82 Å². The summed E-state index contributed by atoms with van der Waals surface area (Å²) >= 11 is 1.34. The molecule has 1 N–H and O–H groups in total. The molecule has 0 spiro atoms. The van der Waals surface area contributed by atoms with Gasteiger partial charge < -0.3 is 15.2 Å². The van der Waals surface area contributed by atoms with Gasteiger partial charge in [-0.25, -0.2) is 0 Å². The molecule has 2 heterocycles. The van der Waals surface area contributed by atoms with Crippen molar-refractivity contribution in [1.82, 2.24) is 9.38 Å². The maximum Gasteiger partial charge on any atom is 0.351 e. The fourth-order valence-corrected chi connectivity index (χ4v) is 2.37. The van der Waals surface area contributed by atoms with Gasteiger partial charge in [-0.3, -0.25) is 0 Å². The highest BCUT2D eigenvalue weighted by Crippen LogP contribution is 2.28. The Kier molecular flexibility index (Phi) is 3.12. The molecule has 0 aliphatic heterocycles. The predicted molar refractivity (Wildman–Crippen MR) is 68.9 cm³/mol. The number of imidazole rings is 1. The second-order valence-corrected chi connectivity index (χ2v) is 6.15. The minimum absolute atomic E-state index is 0.0467. The zero-order valence-electron chi connectivity index (χ0n) is 10.5. The molecule has 1 atom stereocenters. The van der Waals surface area contributed by atoms with Crippen LogP contribution in [0.4, 0.5) is 5.82 Å². The first-order chi connectivity index (χ1) is 8.30. The zero-order valence-corrected chi connectivity index (χ0v) is 11.3. The number of hydrogen-bond acceptors (Lipinski definition) is 5. The third kappa shape index (κ3) is 2.23. The predicted octanol–water partition coefficient (Wildman–Crippen LogP) is 2.25. The molecule has 7 heteroatoms. The lowest BCUT2D eigenvalue weighted by atomic mass is 9.86. The third-order valence-electron chi connectivity index (χ3n) is 2.87. The Morgan fingerprint density at radius 2 is 2.28 bits per heavy atom. The van der Waals surface area contributed by atoms with Gasteiger partial charge in [-0.2, -0.15) is 9.38 Å². The summed E-state index contributed by atoms with van der Waals surface area (Å²) < 4.78 is 1.45. The highest BCUT2D eigenvalue weighted by Gasteiger charge is 2.29. The zero-order chi connectivity index (χ0) is 13.5. The summed E-state index contributed by atoms with van der Waals surface area (Å²) in [6.07, 6.45) is 1.15. The molecule has 98 valence electrons. The molecule has 0 aromatic carbocycles. The first-order valence-electron chi connectivity index (χ1n) is 5.57. The number of thiazole rings is 1. The van der Waals surface area contributed by atoms with Gasteiger partial charge in [0.1, 0.15) is 11.9 Å². The van der Waals surface area contributed by atoms with Crippen LogP contribution in [0.2, 0.25) is 0 Å². The number of rotatable bonds is 3. The summed E-state index contributed by atoms with van der Waals surface area (Å²) in [4.78, 5) is 15.5. The molecule has 2 rings (SSSR count). The fourth-order valence-electron chi connectivity index (χ4n) is 1.64. The van der Waals surface area contributed by atoms with Gasteiger partial charge in [0.05, 0.1) is 6.10 Å². The van der Waals surface area contributed by atoms with Gasteiger partial charge in [0.2, 0.25) is 0 Å². The van der Waals surface area contributed by atoms with E-state index in [-0.39, 0.29) is 17.7 Å². The minimum atomic E-state index is -0.666. The Hall–Kier alpha value is -1.47. The van der Waals surface area contributed by atoms with Crippen LogP contribution in [-0.4, -0.2) is 25.5 Å². The molecule has 0 radical (unpaired) electrons. The van der Waals surface area contributed by atoms with Crippen LogP contribution in [0.5, 0.6) is 0 Å². The first-order valence-corrected chi connectivity index (χ1v) is 6.45. The van der Waals surface area contributed by atoms with E-state index in [0.717, 1.165) is 0 Å². The average Bonchev–Trinajstić information content (AvgIpc) is 2.74. The molecule has 2 aromatic heterocycles. The van der Waals surface area contributed by atoms with Crippen molar-refractivity contribution in [2.45, 2.75) is 33.3 Å². The van der Waals surface area contributed by atoms with Gasteiger partial charge in [-0.1, -0.05) is 32.1 Å². The number of aliphatic hydroxyl groups is 1. The second-order valence-electron chi connectivity index (χ2n) is 5.28. The van der Waals surface area contributed by atoms with E-state index in [1.165, 1.54) is 15.7 Å². The second kappa shape index (κ2) is 4.33. The molecule has 0 amide bonds. The summed E-state index contributed by atoms with van der Waals surface area (Å²) in [5.74, 6) is -0.0467. The first kappa shape index (κ1) is 13.0. The average molecular weight is 269 g/mol. The fraction of sp³-hybridized carbons (Fsp3) is 0.545. The Bertz CT molecular complexity index is 582. The standard InChI is InChI=1S/C11H15N3O3S/c1-11(2,3)8(15)6-7-9(14(16)17)13-4-5-18-10(13)12-7/h4-5,8,15H,6H2,1-3H3. The van der Waals surface area contributed by atoms with E-state index < -0.39 is 11.0 Å². The lowest BCUT2D eigenvalue weighted by Gasteiger charge is -2.24. The van der Waals surface area contributed by atoms with Crippen molar-refractivity contribution in [2.24, 2.45) is 5.41 Å². The largest absolute Gasteiger partial charge is 0.392 e. The molecular formula is C11H15N3O3S. The highest BCUT2D eigenvalue weighted by molar-refractivity contribution is 7.15. The lowest BCUT2D eigenvalue weighted by Crippen LogP contribution is -2.28. The van der Waals surface area contributed by atoms with Gasteiger partial charge in [0, 0.05) is 11.8 Å². The van der Waals surface area contributed by atoms with Crippen molar-refractivity contribution in [1.29, 1.82) is 0 Å². The summed E-state index contributed by atoms with van der Waals surface area (Å²) in [6, 6.07) is 0. The third-order valence-corrected chi connectivity index (χ3v) is 3.62. The molecule has 2 aromatic rings. The van der Waals surface area contributed by atoms with Crippen molar-refractivity contribution in [3.8, 4) is 0 Å². The smallest absolute Gasteiger partial charge is 0.351 e. The van der Waals surface area contributed by atoms with Crippen LogP contribution in [0.1, 0.15) is 26.5 Å². The van der Waals surface area contributed by atoms with Crippen LogP contribution >= 0.6 is 11.3 Å². The van der Waals surface area contributed by atoms with E-state index in [1.54, 1.807) is 11.6 Å². The summed E-state index contributed by atoms with van der Waals surface area (Å²) in [5.41, 5.74) is 0.0135. The Balaban J connectivity index is 2.41. The molecule has 18 heavy (non-hydrogen) atoms. The number of fused-ring (bicyclic) bond motifs is 1. The van der Waals surface area contributed by atoms with Crippen LogP contribution in [0, 0.1) is 15.5 Å². The maximum atomic E-state index is 11.1. The summed E-state index contributed by atoms with van der Waals surface area (Å²) in [6.45, 7) is 5.67. The van der Waals surface area contributed by atoms with Crippen molar-refractivity contribution in [3.63, 3.8) is 0 Å². The van der Waals surface area contributed by atoms with E-state index in [9.17, 15) is 15.2 Å². The van der Waals surface area contributed by atoms with Crippen molar-refractivity contribution in [3.05, 3.63) is 27.4 Å². The SMILES string of the molecule is CC(C)(C)C(O)Cc1nc2sccn2c1[N+](=O)[O-]. The van der Waals surface area contributed by atoms with Gasteiger partial charge in [0.15, 0.2) is 0 Å². The molecule has 0 aliphatic carbocycles. The number of nitro groups is 1. The normalized spacial score (nSPS) is 14.0. The molecule has 0 bridgehead atoms. The van der Waals surface area contributed by atoms with E-state index in [4.69, 9.17) is 0 Å². The molecular weight excluding hydrogens is 254 g/mol. The molecule has 6 nitrogen and oxygen atoms in total. The number of hydrogen-bond donors (Lipinski definition) is 1. The van der Waals surface area contributed by atoms with Gasteiger partial charge in [-0.15, -0.1) is 0 Å². The van der Waals surface area contributed by atoms with Crippen molar-refractivity contribution < 1.29 is 10.0 Å². The van der Waals surface area contributed by atoms with Crippen LogP contribution < -0.4 is 0 Å². The maximum absolute atomic E-state index is 11.1. The van der Waals surface area contributed by atoms with E-state index >= 15 is 0 Å². The van der Waals surface area contributed by atoms with E-state index in [2.05, 4.69) is 4.98 Å².